The van der Waals surface area contributed by atoms with Crippen molar-refractivity contribution < 1.29 is 13.2 Å². The predicted octanol–water partition coefficient (Wildman–Crippen LogP) is 3.74. The largest absolute Gasteiger partial charge is 0.389 e. The summed E-state index contributed by atoms with van der Waals surface area (Å²) in [6.45, 7) is 7.02. The lowest BCUT2D eigenvalue weighted by Crippen LogP contribution is -2.33. The van der Waals surface area contributed by atoms with Gasteiger partial charge in [0.2, 0.25) is 0 Å². The van der Waals surface area contributed by atoms with Crippen molar-refractivity contribution >= 4 is 0 Å². The number of unbranched alkanes of at least 4 members (excludes halogenated alkanes) is 1. The standard InChI is InChI=1S/C11H22F3N/c1-4-10(9(2)3)15-8-6-5-7-11(12,13)14/h9-10,15H,4-8H2,1-3H3. The lowest BCUT2D eigenvalue weighted by atomic mass is 10.0. The Morgan fingerprint density at radius 3 is 2.13 bits per heavy atom. The van der Waals surface area contributed by atoms with Gasteiger partial charge in [-0.2, -0.15) is 13.2 Å². The van der Waals surface area contributed by atoms with E-state index in [1.165, 1.54) is 0 Å². The number of hydrogen-bond donors (Lipinski definition) is 1. The first-order valence-electron chi connectivity index (χ1n) is 5.67. The van der Waals surface area contributed by atoms with E-state index in [9.17, 15) is 13.2 Å². The molecular weight excluding hydrogens is 203 g/mol. The van der Waals surface area contributed by atoms with Crippen LogP contribution in [0.1, 0.15) is 46.5 Å². The molecule has 0 aliphatic rings. The van der Waals surface area contributed by atoms with Crippen molar-refractivity contribution in [2.24, 2.45) is 5.92 Å². The number of nitrogens with one attached hydrogen (secondary N) is 1. The molecule has 1 nitrogen and oxygen atoms in total. The Kier molecular flexibility index (Phi) is 6.98. The topological polar surface area (TPSA) is 12.0 Å². The maximum absolute atomic E-state index is 11.8. The molecule has 0 bridgehead atoms. The summed E-state index contributed by atoms with van der Waals surface area (Å²) in [6, 6.07) is 0.427. The predicted molar refractivity (Wildman–Crippen MR) is 56.8 cm³/mol. The van der Waals surface area contributed by atoms with E-state index in [0.717, 1.165) is 6.42 Å². The summed E-state index contributed by atoms with van der Waals surface area (Å²) in [5.41, 5.74) is 0. The van der Waals surface area contributed by atoms with Crippen LogP contribution in [0.4, 0.5) is 13.2 Å². The van der Waals surface area contributed by atoms with Crippen molar-refractivity contribution in [3.8, 4) is 0 Å². The molecule has 0 aromatic heterocycles. The first-order chi connectivity index (χ1) is 6.87. The highest BCUT2D eigenvalue weighted by Crippen LogP contribution is 2.21. The molecule has 0 saturated carbocycles. The molecular formula is C11H22F3N. The Morgan fingerprint density at radius 1 is 1.13 bits per heavy atom. The van der Waals surface area contributed by atoms with E-state index >= 15 is 0 Å². The van der Waals surface area contributed by atoms with Gasteiger partial charge in [-0.25, -0.2) is 0 Å². The van der Waals surface area contributed by atoms with Gasteiger partial charge in [-0.05, 0) is 31.7 Å². The highest BCUT2D eigenvalue weighted by Gasteiger charge is 2.25. The average molecular weight is 225 g/mol. The fourth-order valence-electron chi connectivity index (χ4n) is 1.59. The molecule has 0 radical (unpaired) electrons. The van der Waals surface area contributed by atoms with Crippen LogP contribution in [0.25, 0.3) is 0 Å². The smallest absolute Gasteiger partial charge is 0.314 e. The number of halogens is 3. The van der Waals surface area contributed by atoms with Gasteiger partial charge in [0.1, 0.15) is 0 Å². The van der Waals surface area contributed by atoms with Crippen molar-refractivity contribution in [3.63, 3.8) is 0 Å². The first kappa shape index (κ1) is 14.8. The van der Waals surface area contributed by atoms with Crippen LogP contribution in [0.15, 0.2) is 0 Å². The summed E-state index contributed by atoms with van der Waals surface area (Å²) in [6.07, 6.45) is -2.81. The zero-order valence-electron chi connectivity index (χ0n) is 9.82. The molecule has 0 aliphatic heterocycles. The molecule has 92 valence electrons. The summed E-state index contributed by atoms with van der Waals surface area (Å²) >= 11 is 0. The lowest BCUT2D eigenvalue weighted by molar-refractivity contribution is -0.135. The van der Waals surface area contributed by atoms with Crippen LogP contribution >= 0.6 is 0 Å². The maximum Gasteiger partial charge on any atom is 0.389 e. The van der Waals surface area contributed by atoms with E-state index in [1.807, 2.05) is 0 Å². The van der Waals surface area contributed by atoms with Crippen LogP contribution < -0.4 is 5.32 Å². The molecule has 1 N–H and O–H groups in total. The van der Waals surface area contributed by atoms with Gasteiger partial charge in [-0.3, -0.25) is 0 Å². The zero-order valence-corrected chi connectivity index (χ0v) is 9.82. The minimum Gasteiger partial charge on any atom is -0.314 e. The van der Waals surface area contributed by atoms with Gasteiger partial charge in [0, 0.05) is 12.5 Å². The molecule has 0 fully saturated rings. The van der Waals surface area contributed by atoms with Crippen molar-refractivity contribution in [2.75, 3.05) is 6.54 Å². The minimum absolute atomic E-state index is 0.227. The zero-order chi connectivity index (χ0) is 11.9. The van der Waals surface area contributed by atoms with E-state index in [0.29, 0.717) is 24.9 Å². The van der Waals surface area contributed by atoms with Gasteiger partial charge < -0.3 is 5.32 Å². The molecule has 0 rings (SSSR count). The normalized spacial score (nSPS) is 14.6. The molecule has 0 aliphatic carbocycles. The fraction of sp³-hybridized carbons (Fsp3) is 1.00. The summed E-state index contributed by atoms with van der Waals surface area (Å²) < 4.78 is 35.4. The maximum atomic E-state index is 11.8. The van der Waals surface area contributed by atoms with Crippen molar-refractivity contribution in [2.45, 2.75) is 58.7 Å². The second-order valence-corrected chi connectivity index (χ2v) is 4.29. The van der Waals surface area contributed by atoms with Gasteiger partial charge in [0.05, 0.1) is 0 Å². The van der Waals surface area contributed by atoms with E-state index in [-0.39, 0.29) is 6.42 Å². The minimum atomic E-state index is -4.00. The third-order valence-corrected chi connectivity index (χ3v) is 2.54. The van der Waals surface area contributed by atoms with Gasteiger partial charge in [0.15, 0.2) is 0 Å². The Bertz CT molecular complexity index is 154. The molecule has 4 heteroatoms. The molecule has 0 heterocycles. The summed E-state index contributed by atoms with van der Waals surface area (Å²) in [7, 11) is 0. The quantitative estimate of drug-likeness (QED) is 0.651. The van der Waals surface area contributed by atoms with Gasteiger partial charge in [-0.1, -0.05) is 20.8 Å². The van der Waals surface area contributed by atoms with Crippen LogP contribution in [0.2, 0.25) is 0 Å². The third kappa shape index (κ3) is 8.73. The molecule has 0 saturated heterocycles. The Labute approximate surface area is 90.4 Å². The highest BCUT2D eigenvalue weighted by molar-refractivity contribution is 4.68. The summed E-state index contributed by atoms with van der Waals surface area (Å²) in [4.78, 5) is 0. The van der Waals surface area contributed by atoms with E-state index in [4.69, 9.17) is 0 Å². The first-order valence-corrected chi connectivity index (χ1v) is 5.67. The van der Waals surface area contributed by atoms with Crippen LogP contribution in [0, 0.1) is 5.92 Å². The van der Waals surface area contributed by atoms with Gasteiger partial charge in [0.25, 0.3) is 0 Å². The molecule has 0 aromatic rings. The lowest BCUT2D eigenvalue weighted by Gasteiger charge is -2.20. The molecule has 1 atom stereocenters. The van der Waals surface area contributed by atoms with Crippen LogP contribution in [0.3, 0.4) is 0 Å². The van der Waals surface area contributed by atoms with E-state index < -0.39 is 12.6 Å². The van der Waals surface area contributed by atoms with Gasteiger partial charge >= 0.3 is 6.18 Å². The number of alkyl halides is 3. The summed E-state index contributed by atoms with van der Waals surface area (Å²) in [5.74, 6) is 0.539. The molecule has 0 spiro atoms. The second-order valence-electron chi connectivity index (χ2n) is 4.29. The third-order valence-electron chi connectivity index (χ3n) is 2.54. The van der Waals surface area contributed by atoms with Crippen molar-refractivity contribution in [1.29, 1.82) is 0 Å². The van der Waals surface area contributed by atoms with Gasteiger partial charge in [-0.15, -0.1) is 0 Å². The van der Waals surface area contributed by atoms with Crippen LogP contribution in [0.5, 0.6) is 0 Å². The Balaban J connectivity index is 3.45. The van der Waals surface area contributed by atoms with Crippen molar-refractivity contribution in [3.05, 3.63) is 0 Å². The van der Waals surface area contributed by atoms with Crippen LogP contribution in [-0.2, 0) is 0 Å². The SMILES string of the molecule is CCC(NCCCCC(F)(F)F)C(C)C. The monoisotopic (exact) mass is 225 g/mol. The summed E-state index contributed by atoms with van der Waals surface area (Å²) in [5, 5.41) is 3.29. The second kappa shape index (κ2) is 7.09. The Hall–Kier alpha value is -0.250. The number of rotatable bonds is 7. The molecule has 15 heavy (non-hydrogen) atoms. The van der Waals surface area contributed by atoms with Crippen LogP contribution in [-0.4, -0.2) is 18.8 Å². The highest BCUT2D eigenvalue weighted by atomic mass is 19.4. The molecule has 0 aromatic carbocycles. The molecule has 1 unspecified atom stereocenters. The fourth-order valence-corrected chi connectivity index (χ4v) is 1.59. The average Bonchev–Trinajstić information content (AvgIpc) is 2.08. The Morgan fingerprint density at radius 2 is 1.73 bits per heavy atom. The van der Waals surface area contributed by atoms with E-state index in [1.54, 1.807) is 0 Å². The van der Waals surface area contributed by atoms with E-state index in [2.05, 4.69) is 26.1 Å². The molecule has 0 amide bonds. The van der Waals surface area contributed by atoms with Crippen molar-refractivity contribution in [1.82, 2.24) is 5.32 Å². The number of hydrogen-bond acceptors (Lipinski definition) is 1.